The molecule has 0 radical (unpaired) electrons. The summed E-state index contributed by atoms with van der Waals surface area (Å²) in [6.45, 7) is 2.16. The van der Waals surface area contributed by atoms with E-state index in [9.17, 15) is 4.79 Å². The molecular weight excluding hydrogens is 385 g/mol. The van der Waals surface area contributed by atoms with E-state index in [1.54, 1.807) is 19.1 Å². The van der Waals surface area contributed by atoms with Crippen molar-refractivity contribution in [3.63, 3.8) is 0 Å². The van der Waals surface area contributed by atoms with Gasteiger partial charge in [0.25, 0.3) is 0 Å². The largest absolute Gasteiger partial charge is 0.466 e. The monoisotopic (exact) mass is 393 g/mol. The molecule has 0 aromatic heterocycles. The third-order valence-electron chi connectivity index (χ3n) is 1.92. The van der Waals surface area contributed by atoms with Crippen molar-refractivity contribution in [3.8, 4) is 6.07 Å². The zero-order chi connectivity index (χ0) is 12.1. The van der Waals surface area contributed by atoms with Crippen LogP contribution in [0.15, 0.2) is 16.6 Å². The van der Waals surface area contributed by atoms with Crippen LogP contribution in [0.2, 0.25) is 0 Å². The Bertz CT molecular complexity index is 454. The van der Waals surface area contributed by atoms with Gasteiger partial charge < -0.3 is 4.74 Å². The van der Waals surface area contributed by atoms with Gasteiger partial charge in [0.1, 0.15) is 6.07 Å². The van der Waals surface area contributed by atoms with Gasteiger partial charge in [-0.3, -0.25) is 4.79 Å². The molecule has 0 N–H and O–H groups in total. The van der Waals surface area contributed by atoms with Crippen molar-refractivity contribution < 1.29 is 9.53 Å². The van der Waals surface area contributed by atoms with Crippen LogP contribution in [0.1, 0.15) is 18.1 Å². The van der Waals surface area contributed by atoms with Gasteiger partial charge in [0.2, 0.25) is 0 Å². The maximum absolute atomic E-state index is 11.3. The van der Waals surface area contributed by atoms with Crippen molar-refractivity contribution >= 4 is 44.5 Å². The van der Waals surface area contributed by atoms with Crippen LogP contribution in [0.3, 0.4) is 0 Å². The number of halogens is 2. The Morgan fingerprint density at radius 1 is 1.62 bits per heavy atom. The van der Waals surface area contributed by atoms with Crippen LogP contribution in [-0.2, 0) is 16.0 Å². The number of benzene rings is 1. The van der Waals surface area contributed by atoms with Crippen LogP contribution in [0, 0.1) is 14.9 Å². The summed E-state index contributed by atoms with van der Waals surface area (Å²) in [5.74, 6) is -0.253. The molecular formula is C11H9BrINO2. The first-order chi connectivity index (χ1) is 7.60. The van der Waals surface area contributed by atoms with E-state index in [1.165, 1.54) is 0 Å². The summed E-state index contributed by atoms with van der Waals surface area (Å²) >= 11 is 5.45. The predicted molar refractivity (Wildman–Crippen MR) is 71.9 cm³/mol. The average molecular weight is 394 g/mol. The highest BCUT2D eigenvalue weighted by atomic mass is 127. The van der Waals surface area contributed by atoms with Gasteiger partial charge in [-0.05, 0) is 57.1 Å². The first-order valence-corrected chi connectivity index (χ1v) is 6.50. The lowest BCUT2D eigenvalue weighted by molar-refractivity contribution is -0.142. The van der Waals surface area contributed by atoms with Crippen molar-refractivity contribution in [2.75, 3.05) is 6.61 Å². The summed E-state index contributed by atoms with van der Waals surface area (Å²) in [4.78, 5) is 11.3. The van der Waals surface area contributed by atoms with Crippen molar-refractivity contribution in [1.29, 1.82) is 5.26 Å². The Labute approximate surface area is 116 Å². The molecule has 3 nitrogen and oxygen atoms in total. The van der Waals surface area contributed by atoms with E-state index >= 15 is 0 Å². The number of hydrogen-bond donors (Lipinski definition) is 0. The summed E-state index contributed by atoms with van der Waals surface area (Å²) in [7, 11) is 0. The quantitative estimate of drug-likeness (QED) is 0.585. The van der Waals surface area contributed by atoms with Gasteiger partial charge in [0, 0.05) is 8.04 Å². The molecule has 0 atom stereocenters. The summed E-state index contributed by atoms with van der Waals surface area (Å²) < 4.78 is 6.49. The second kappa shape index (κ2) is 6.21. The fourth-order valence-electron chi connectivity index (χ4n) is 1.18. The summed E-state index contributed by atoms with van der Waals surface area (Å²) in [5, 5.41) is 8.82. The first kappa shape index (κ1) is 13.5. The first-order valence-electron chi connectivity index (χ1n) is 4.62. The standard InChI is InChI=1S/C11H9BrINO2/c1-2-16-9(15)5-7-3-4-8(6-14)10(12)11(7)13/h3-4H,2,5H2,1H3. The summed E-state index contributed by atoms with van der Waals surface area (Å²) in [6, 6.07) is 5.55. The van der Waals surface area contributed by atoms with Crippen LogP contribution < -0.4 is 0 Å². The van der Waals surface area contributed by atoms with E-state index < -0.39 is 0 Å². The van der Waals surface area contributed by atoms with Crippen molar-refractivity contribution in [1.82, 2.24) is 0 Å². The highest BCUT2D eigenvalue weighted by Gasteiger charge is 2.12. The van der Waals surface area contributed by atoms with Crippen LogP contribution in [-0.4, -0.2) is 12.6 Å². The van der Waals surface area contributed by atoms with Gasteiger partial charge >= 0.3 is 5.97 Å². The molecule has 0 amide bonds. The molecule has 1 rings (SSSR count). The van der Waals surface area contributed by atoms with Crippen LogP contribution >= 0.6 is 38.5 Å². The minimum Gasteiger partial charge on any atom is -0.466 e. The molecule has 0 aliphatic rings. The van der Waals surface area contributed by atoms with Crippen molar-refractivity contribution in [2.45, 2.75) is 13.3 Å². The van der Waals surface area contributed by atoms with Gasteiger partial charge in [-0.2, -0.15) is 5.26 Å². The molecule has 1 aromatic carbocycles. The van der Waals surface area contributed by atoms with Crippen LogP contribution in [0.4, 0.5) is 0 Å². The van der Waals surface area contributed by atoms with E-state index in [4.69, 9.17) is 10.00 Å². The van der Waals surface area contributed by atoms with Crippen molar-refractivity contribution in [2.24, 2.45) is 0 Å². The Morgan fingerprint density at radius 3 is 2.88 bits per heavy atom. The topological polar surface area (TPSA) is 50.1 Å². The molecule has 1 aromatic rings. The van der Waals surface area contributed by atoms with Gasteiger partial charge in [-0.15, -0.1) is 0 Å². The minimum absolute atomic E-state index is 0.233. The molecule has 16 heavy (non-hydrogen) atoms. The molecule has 0 fully saturated rings. The fraction of sp³-hybridized carbons (Fsp3) is 0.273. The second-order valence-corrected chi connectivity index (χ2v) is 4.87. The van der Waals surface area contributed by atoms with Crippen LogP contribution in [0.25, 0.3) is 0 Å². The molecule has 0 saturated heterocycles. The Balaban J connectivity index is 2.96. The number of carbonyl (C=O) groups excluding carboxylic acids is 1. The third kappa shape index (κ3) is 3.19. The average Bonchev–Trinajstić information content (AvgIpc) is 2.25. The Kier molecular flexibility index (Phi) is 5.22. The van der Waals surface area contributed by atoms with Gasteiger partial charge in [-0.1, -0.05) is 6.07 Å². The number of ether oxygens (including phenoxy) is 1. The maximum Gasteiger partial charge on any atom is 0.310 e. The molecule has 0 spiro atoms. The normalized spacial score (nSPS) is 9.62. The number of nitrogens with zero attached hydrogens (tertiary/aromatic N) is 1. The van der Waals surface area contributed by atoms with E-state index in [0.717, 1.165) is 13.6 Å². The predicted octanol–water partition coefficient (Wildman–Crippen LogP) is 3.03. The van der Waals surface area contributed by atoms with E-state index in [2.05, 4.69) is 44.6 Å². The number of rotatable bonds is 3. The minimum atomic E-state index is -0.253. The van der Waals surface area contributed by atoms with E-state index in [1.807, 2.05) is 0 Å². The van der Waals surface area contributed by atoms with Gasteiger partial charge in [0.15, 0.2) is 0 Å². The van der Waals surface area contributed by atoms with Crippen molar-refractivity contribution in [3.05, 3.63) is 31.3 Å². The maximum atomic E-state index is 11.3. The molecule has 84 valence electrons. The smallest absolute Gasteiger partial charge is 0.310 e. The van der Waals surface area contributed by atoms with Gasteiger partial charge in [-0.25, -0.2) is 0 Å². The number of nitriles is 1. The Hall–Kier alpha value is -0.610. The highest BCUT2D eigenvalue weighted by molar-refractivity contribution is 14.1. The Morgan fingerprint density at radius 2 is 2.31 bits per heavy atom. The number of esters is 1. The summed E-state index contributed by atoms with van der Waals surface area (Å²) in [5.41, 5.74) is 1.43. The second-order valence-electron chi connectivity index (χ2n) is 2.99. The third-order valence-corrected chi connectivity index (χ3v) is 4.72. The zero-order valence-electron chi connectivity index (χ0n) is 8.59. The lowest BCUT2D eigenvalue weighted by Gasteiger charge is -2.07. The summed E-state index contributed by atoms with van der Waals surface area (Å²) in [6.07, 6.45) is 0.233. The number of hydrogen-bond acceptors (Lipinski definition) is 3. The molecule has 0 aliphatic carbocycles. The van der Waals surface area contributed by atoms with E-state index in [0.29, 0.717) is 12.2 Å². The van der Waals surface area contributed by atoms with Gasteiger partial charge in [0.05, 0.1) is 18.6 Å². The molecule has 0 saturated carbocycles. The molecule has 5 heteroatoms. The SMILES string of the molecule is CCOC(=O)Cc1ccc(C#N)c(Br)c1I. The molecule has 0 aliphatic heterocycles. The lowest BCUT2D eigenvalue weighted by atomic mass is 10.1. The van der Waals surface area contributed by atoms with Crippen LogP contribution in [0.5, 0.6) is 0 Å². The fourth-order valence-corrected chi connectivity index (χ4v) is 2.32. The molecule has 0 unspecified atom stereocenters. The van der Waals surface area contributed by atoms with E-state index in [-0.39, 0.29) is 12.4 Å². The zero-order valence-corrected chi connectivity index (χ0v) is 12.3. The highest BCUT2D eigenvalue weighted by Crippen LogP contribution is 2.26. The number of carbonyl (C=O) groups is 1. The molecule has 0 bridgehead atoms. The molecule has 0 heterocycles. The lowest BCUT2D eigenvalue weighted by Crippen LogP contribution is -2.09.